The van der Waals surface area contributed by atoms with Crippen molar-refractivity contribution in [3.05, 3.63) is 0 Å². The number of hydrogen-bond acceptors (Lipinski definition) is 2. The zero-order chi connectivity index (χ0) is 8.24. The zero-order valence-corrected chi connectivity index (χ0v) is 8.55. The Balaban J connectivity index is 0. The van der Waals surface area contributed by atoms with Crippen molar-refractivity contribution in [1.82, 2.24) is 5.32 Å². The van der Waals surface area contributed by atoms with E-state index in [0.717, 1.165) is 0 Å². The molecule has 0 aromatic rings. The van der Waals surface area contributed by atoms with Crippen LogP contribution in [0, 0.1) is 0 Å². The van der Waals surface area contributed by atoms with Gasteiger partial charge in [0.25, 0.3) is 0 Å². The Morgan fingerprint density at radius 2 is 1.70 bits per heavy atom. The van der Waals surface area contributed by atoms with E-state index in [1.165, 1.54) is 25.0 Å². The molecule has 0 aromatic carbocycles. The average molecular weight is 163 g/mol. The molecule has 0 radical (unpaired) electrons. The minimum absolute atomic E-state index is 1.34. The summed E-state index contributed by atoms with van der Waals surface area (Å²) in [5.41, 5.74) is 0. The lowest BCUT2D eigenvalue weighted by molar-refractivity contribution is 0.779. The van der Waals surface area contributed by atoms with Crippen molar-refractivity contribution in [2.24, 2.45) is 0 Å². The topological polar surface area (TPSA) is 12.0 Å². The molecule has 0 atom stereocenters. The minimum atomic E-state index is 1.34. The highest BCUT2D eigenvalue weighted by atomic mass is 32.2. The molecule has 0 amide bonds. The summed E-state index contributed by atoms with van der Waals surface area (Å²) in [7, 11) is 3.75. The van der Waals surface area contributed by atoms with E-state index in [-0.39, 0.29) is 0 Å². The van der Waals surface area contributed by atoms with Crippen molar-refractivity contribution in [3.63, 3.8) is 0 Å². The summed E-state index contributed by atoms with van der Waals surface area (Å²) in [5, 5.41) is 2.75. The Bertz CT molecular complexity index is 36.2. The van der Waals surface area contributed by atoms with Gasteiger partial charge in [0.1, 0.15) is 0 Å². The molecule has 0 bridgehead atoms. The van der Waals surface area contributed by atoms with Crippen LogP contribution in [0.15, 0.2) is 0 Å². The fourth-order valence-corrected chi connectivity index (χ4v) is 0.989. The standard InChI is InChI=1S/C6H14S.C2H7N/c1-3-4-5-6-7-2;1-3-2/h3-6H2,1-2H3;3H,1-2H3. The van der Waals surface area contributed by atoms with Gasteiger partial charge in [-0.2, -0.15) is 11.8 Å². The molecule has 0 saturated carbocycles. The number of nitrogens with one attached hydrogen (secondary N) is 1. The number of rotatable bonds is 4. The number of hydrogen-bond donors (Lipinski definition) is 1. The van der Waals surface area contributed by atoms with Gasteiger partial charge in [0.05, 0.1) is 0 Å². The van der Waals surface area contributed by atoms with Gasteiger partial charge in [-0.05, 0) is 32.5 Å². The minimum Gasteiger partial charge on any atom is -0.323 e. The SMILES string of the molecule is CCCCCSC.CNC. The number of unbranched alkanes of at least 4 members (excludes halogenated alkanes) is 2. The van der Waals surface area contributed by atoms with Crippen LogP contribution >= 0.6 is 11.8 Å². The van der Waals surface area contributed by atoms with Crippen LogP contribution in [-0.4, -0.2) is 26.1 Å². The van der Waals surface area contributed by atoms with E-state index in [9.17, 15) is 0 Å². The molecule has 0 unspecified atom stereocenters. The quantitative estimate of drug-likeness (QED) is 0.639. The van der Waals surface area contributed by atoms with Gasteiger partial charge in [-0.3, -0.25) is 0 Å². The third-order valence-corrected chi connectivity index (χ3v) is 1.65. The summed E-state index contributed by atoms with van der Waals surface area (Å²) in [5.74, 6) is 1.34. The molecule has 2 heteroatoms. The van der Waals surface area contributed by atoms with Gasteiger partial charge in [-0.15, -0.1) is 0 Å². The zero-order valence-electron chi connectivity index (χ0n) is 7.74. The van der Waals surface area contributed by atoms with Crippen LogP contribution in [0.3, 0.4) is 0 Å². The first-order valence-corrected chi connectivity index (χ1v) is 5.30. The summed E-state index contributed by atoms with van der Waals surface area (Å²) in [6.45, 7) is 2.24. The molecule has 1 nitrogen and oxygen atoms in total. The first kappa shape index (κ1) is 12.9. The molecule has 64 valence electrons. The van der Waals surface area contributed by atoms with Gasteiger partial charge in [-0.1, -0.05) is 19.8 Å². The van der Waals surface area contributed by atoms with Gasteiger partial charge < -0.3 is 5.32 Å². The molecule has 10 heavy (non-hydrogen) atoms. The third kappa shape index (κ3) is 23.9. The number of thioether (sulfide) groups is 1. The van der Waals surface area contributed by atoms with Crippen molar-refractivity contribution in [3.8, 4) is 0 Å². The first-order chi connectivity index (χ1) is 4.83. The molecule has 0 aliphatic rings. The molecule has 0 saturated heterocycles. The van der Waals surface area contributed by atoms with Crippen molar-refractivity contribution < 1.29 is 0 Å². The fraction of sp³-hybridized carbons (Fsp3) is 1.00. The van der Waals surface area contributed by atoms with E-state index in [2.05, 4.69) is 18.5 Å². The maximum atomic E-state index is 2.75. The summed E-state index contributed by atoms with van der Waals surface area (Å²) in [6.07, 6.45) is 6.31. The average Bonchev–Trinajstić information content (AvgIpc) is 1.91. The third-order valence-electron chi connectivity index (χ3n) is 0.952. The molecular formula is C8H21NS. The lowest BCUT2D eigenvalue weighted by Gasteiger charge is -1.90. The summed E-state index contributed by atoms with van der Waals surface area (Å²) in [4.78, 5) is 0. The predicted octanol–water partition coefficient (Wildman–Crippen LogP) is 2.38. The van der Waals surface area contributed by atoms with Gasteiger partial charge in [0.15, 0.2) is 0 Å². The van der Waals surface area contributed by atoms with Crippen molar-refractivity contribution in [2.45, 2.75) is 26.2 Å². The van der Waals surface area contributed by atoms with E-state index in [1.807, 2.05) is 25.9 Å². The van der Waals surface area contributed by atoms with Crippen LogP contribution in [0.25, 0.3) is 0 Å². The fourth-order valence-electron chi connectivity index (χ4n) is 0.496. The Labute approximate surface area is 70.0 Å². The maximum Gasteiger partial charge on any atom is -0.00703 e. The maximum absolute atomic E-state index is 2.75. The molecule has 0 aliphatic carbocycles. The molecule has 0 aromatic heterocycles. The Morgan fingerprint density at radius 1 is 1.20 bits per heavy atom. The van der Waals surface area contributed by atoms with Gasteiger partial charge in [0.2, 0.25) is 0 Å². The lowest BCUT2D eigenvalue weighted by Crippen LogP contribution is -1.89. The van der Waals surface area contributed by atoms with Gasteiger partial charge in [0, 0.05) is 0 Å². The van der Waals surface area contributed by atoms with Gasteiger partial charge in [-0.25, -0.2) is 0 Å². The highest BCUT2D eigenvalue weighted by molar-refractivity contribution is 7.98. The van der Waals surface area contributed by atoms with E-state index >= 15 is 0 Å². The second-order valence-electron chi connectivity index (χ2n) is 2.20. The van der Waals surface area contributed by atoms with E-state index in [1.54, 1.807) is 0 Å². The van der Waals surface area contributed by atoms with Crippen LogP contribution in [0.5, 0.6) is 0 Å². The Morgan fingerprint density at radius 3 is 2.00 bits per heavy atom. The first-order valence-electron chi connectivity index (χ1n) is 3.90. The van der Waals surface area contributed by atoms with E-state index in [4.69, 9.17) is 0 Å². The Hall–Kier alpha value is 0.310. The Kier molecular flexibility index (Phi) is 20.9. The molecular weight excluding hydrogens is 142 g/mol. The molecule has 0 fully saturated rings. The second-order valence-corrected chi connectivity index (χ2v) is 3.19. The van der Waals surface area contributed by atoms with E-state index < -0.39 is 0 Å². The normalized spacial score (nSPS) is 8.40. The lowest BCUT2D eigenvalue weighted by atomic mass is 10.3. The summed E-state index contributed by atoms with van der Waals surface area (Å²) >= 11 is 1.94. The van der Waals surface area contributed by atoms with Crippen LogP contribution in [-0.2, 0) is 0 Å². The van der Waals surface area contributed by atoms with E-state index in [0.29, 0.717) is 0 Å². The van der Waals surface area contributed by atoms with Crippen LogP contribution in [0.1, 0.15) is 26.2 Å². The molecule has 0 spiro atoms. The predicted molar refractivity (Wildman–Crippen MR) is 52.9 cm³/mol. The molecule has 0 aliphatic heterocycles. The highest BCUT2D eigenvalue weighted by Crippen LogP contribution is 2.00. The molecule has 0 rings (SSSR count). The summed E-state index contributed by atoms with van der Waals surface area (Å²) < 4.78 is 0. The highest BCUT2D eigenvalue weighted by Gasteiger charge is 1.80. The smallest absolute Gasteiger partial charge is 0.00703 e. The van der Waals surface area contributed by atoms with Crippen molar-refractivity contribution >= 4 is 11.8 Å². The van der Waals surface area contributed by atoms with Crippen molar-refractivity contribution in [1.29, 1.82) is 0 Å². The summed E-state index contributed by atoms with van der Waals surface area (Å²) in [6, 6.07) is 0. The van der Waals surface area contributed by atoms with Crippen LogP contribution in [0.4, 0.5) is 0 Å². The van der Waals surface area contributed by atoms with Crippen LogP contribution in [0.2, 0.25) is 0 Å². The van der Waals surface area contributed by atoms with Gasteiger partial charge >= 0.3 is 0 Å². The van der Waals surface area contributed by atoms with Crippen LogP contribution < -0.4 is 5.32 Å². The molecule has 0 heterocycles. The largest absolute Gasteiger partial charge is 0.323 e. The van der Waals surface area contributed by atoms with Crippen molar-refractivity contribution in [2.75, 3.05) is 26.1 Å². The second kappa shape index (κ2) is 16.1. The monoisotopic (exact) mass is 163 g/mol. The molecule has 1 N–H and O–H groups in total.